The second-order valence-corrected chi connectivity index (χ2v) is 8.35. The van der Waals surface area contributed by atoms with E-state index in [2.05, 4.69) is 15.2 Å². The van der Waals surface area contributed by atoms with Crippen molar-refractivity contribution >= 4 is 5.91 Å². The second-order valence-electron chi connectivity index (χ2n) is 8.35. The van der Waals surface area contributed by atoms with Gasteiger partial charge >= 0.3 is 24.4 Å². The van der Waals surface area contributed by atoms with Crippen molar-refractivity contribution < 1.29 is 44.6 Å². The van der Waals surface area contributed by atoms with Crippen LogP contribution >= 0.6 is 0 Å². The molecule has 2 aliphatic rings. The third-order valence-electron chi connectivity index (χ3n) is 6.08. The lowest BCUT2D eigenvalue weighted by atomic mass is 9.88. The number of quaternary nitrogens is 1. The number of fused-ring (bicyclic) bond motifs is 1. The molecular weight excluding hydrogens is 479 g/mol. The van der Waals surface area contributed by atoms with Gasteiger partial charge in [0.1, 0.15) is 24.8 Å². The maximum atomic E-state index is 13.7. The highest BCUT2D eigenvalue weighted by atomic mass is 19.4. The lowest BCUT2D eigenvalue weighted by molar-refractivity contribution is -0.927. The molecular formula is C19H18F7N5O3. The molecule has 1 aliphatic heterocycles. The molecule has 0 radical (unpaired) electrons. The summed E-state index contributed by atoms with van der Waals surface area (Å²) >= 11 is 0. The summed E-state index contributed by atoms with van der Waals surface area (Å²) in [6.07, 6.45) is -6.54. The average molecular weight is 497 g/mol. The predicted molar refractivity (Wildman–Crippen MR) is 98.7 cm³/mol. The maximum Gasteiger partial charge on any atom is 0.463 e. The van der Waals surface area contributed by atoms with Gasteiger partial charge in [0.05, 0.1) is 11.6 Å². The molecule has 1 amide bonds. The minimum absolute atomic E-state index is 0.0694. The van der Waals surface area contributed by atoms with E-state index in [1.165, 1.54) is 12.3 Å². The lowest BCUT2D eigenvalue weighted by Gasteiger charge is -2.50. The van der Waals surface area contributed by atoms with Crippen LogP contribution in [0.1, 0.15) is 49.3 Å². The minimum Gasteiger partial charge on any atom is -0.632 e. The van der Waals surface area contributed by atoms with E-state index in [4.69, 9.17) is 4.42 Å². The topological polar surface area (TPSA) is 104 Å². The Hall–Kier alpha value is -2.81. The molecule has 1 saturated carbocycles. The number of hydrogen-bond acceptors (Lipinski definition) is 6. The Bertz CT molecular complexity index is 1080. The molecule has 3 heterocycles. The van der Waals surface area contributed by atoms with E-state index in [0.717, 1.165) is 0 Å². The van der Waals surface area contributed by atoms with Crippen LogP contribution in [0, 0.1) is 5.21 Å². The molecule has 4 rings (SSSR count). The zero-order chi connectivity index (χ0) is 24.9. The van der Waals surface area contributed by atoms with Crippen molar-refractivity contribution in [3.63, 3.8) is 0 Å². The minimum atomic E-state index is -6.06. The Balaban J connectivity index is 1.54. The normalized spacial score (nSPS) is 25.4. The molecule has 0 saturated heterocycles. The summed E-state index contributed by atoms with van der Waals surface area (Å²) in [5.41, 5.74) is 0.953. The fourth-order valence-electron chi connectivity index (χ4n) is 4.44. The number of hydrogen-bond donors (Lipinski definition) is 1. The van der Waals surface area contributed by atoms with Gasteiger partial charge in [0, 0.05) is 18.2 Å². The average Bonchev–Trinajstić information content (AvgIpc) is 3.37. The number of pyridine rings is 1. The molecule has 0 aromatic carbocycles. The van der Waals surface area contributed by atoms with E-state index in [9.17, 15) is 40.7 Å². The number of hydroxylamine groups is 3. The van der Waals surface area contributed by atoms with Gasteiger partial charge in [-0.1, -0.05) is 6.42 Å². The Morgan fingerprint density at radius 3 is 2.50 bits per heavy atom. The molecule has 1 aliphatic carbocycles. The van der Waals surface area contributed by atoms with Crippen LogP contribution in [0.5, 0.6) is 0 Å². The van der Waals surface area contributed by atoms with Crippen molar-refractivity contribution in [3.05, 3.63) is 34.6 Å². The first-order valence-corrected chi connectivity index (χ1v) is 10.2. The van der Waals surface area contributed by atoms with Gasteiger partial charge in [-0.2, -0.15) is 30.7 Å². The lowest BCUT2D eigenvalue weighted by Crippen LogP contribution is -2.62. The van der Waals surface area contributed by atoms with Crippen LogP contribution in [0.15, 0.2) is 16.7 Å². The number of rotatable bonds is 5. The number of amides is 1. The summed E-state index contributed by atoms with van der Waals surface area (Å²) in [7, 11) is 0. The van der Waals surface area contributed by atoms with Crippen molar-refractivity contribution in [2.24, 2.45) is 0 Å². The van der Waals surface area contributed by atoms with E-state index in [1.54, 1.807) is 5.32 Å². The Morgan fingerprint density at radius 1 is 1.15 bits per heavy atom. The second kappa shape index (κ2) is 8.45. The molecule has 15 heteroatoms. The van der Waals surface area contributed by atoms with E-state index in [1.807, 2.05) is 0 Å². The van der Waals surface area contributed by atoms with Gasteiger partial charge in [0.15, 0.2) is 0 Å². The number of halogens is 7. The van der Waals surface area contributed by atoms with Gasteiger partial charge in [0.25, 0.3) is 5.89 Å². The maximum absolute atomic E-state index is 13.7. The largest absolute Gasteiger partial charge is 0.632 e. The van der Waals surface area contributed by atoms with Gasteiger partial charge < -0.3 is 19.6 Å². The molecule has 0 spiro atoms. The fraction of sp³-hybridized carbons (Fsp3) is 0.579. The van der Waals surface area contributed by atoms with Crippen LogP contribution < -0.4 is 5.32 Å². The van der Waals surface area contributed by atoms with Crippen LogP contribution in [0.3, 0.4) is 0 Å². The first-order chi connectivity index (χ1) is 15.8. The van der Waals surface area contributed by atoms with E-state index < -0.39 is 47.1 Å². The van der Waals surface area contributed by atoms with Crippen LogP contribution in [-0.4, -0.2) is 49.9 Å². The smallest absolute Gasteiger partial charge is 0.463 e. The molecule has 3 atom stereocenters. The number of nitrogens with zero attached hydrogens (tertiary/aromatic N) is 4. The van der Waals surface area contributed by atoms with Gasteiger partial charge in [-0.25, -0.2) is 0 Å². The fourth-order valence-corrected chi connectivity index (χ4v) is 4.44. The zero-order valence-electron chi connectivity index (χ0n) is 17.3. The molecule has 1 N–H and O–H groups in total. The van der Waals surface area contributed by atoms with Gasteiger partial charge in [-0.3, -0.25) is 9.78 Å². The number of nitrogens with one attached hydrogen (secondary N) is 1. The third-order valence-corrected chi connectivity index (χ3v) is 6.08. The van der Waals surface area contributed by atoms with Crippen LogP contribution in [0.2, 0.25) is 0 Å². The standard InChI is InChI=1S/C19H18F7N5O3/c20-14(21)16-30-29-15(34-16)9-5-10-7-31(33,8-12(10)27-6-9)13-4-2-1-3-11(13)28-17(32)18(22,23)19(24,25)26/h5-6,11,13-14H,1-4,7-8H2,(H,28,32)/t11-,13?,31?/m1/s1. The summed E-state index contributed by atoms with van der Waals surface area (Å²) in [4.78, 5) is 15.9. The predicted octanol–water partition coefficient (Wildman–Crippen LogP) is 4.02. The molecule has 186 valence electrons. The highest BCUT2D eigenvalue weighted by Crippen LogP contribution is 2.40. The molecule has 34 heavy (non-hydrogen) atoms. The highest BCUT2D eigenvalue weighted by Gasteiger charge is 2.64. The van der Waals surface area contributed by atoms with Gasteiger partial charge in [-0.15, -0.1) is 10.2 Å². The van der Waals surface area contributed by atoms with Crippen molar-refractivity contribution in [1.29, 1.82) is 0 Å². The molecule has 2 aromatic rings. The van der Waals surface area contributed by atoms with Gasteiger partial charge in [0.2, 0.25) is 5.89 Å². The quantitative estimate of drug-likeness (QED) is 0.380. The number of aromatic nitrogens is 3. The summed E-state index contributed by atoms with van der Waals surface area (Å²) in [6, 6.07) is -0.712. The van der Waals surface area contributed by atoms with Crippen LogP contribution in [0.25, 0.3) is 11.5 Å². The van der Waals surface area contributed by atoms with E-state index >= 15 is 0 Å². The molecule has 8 nitrogen and oxygen atoms in total. The third kappa shape index (κ3) is 4.33. The summed E-state index contributed by atoms with van der Waals surface area (Å²) in [6.45, 7) is -0.410. The monoisotopic (exact) mass is 497 g/mol. The van der Waals surface area contributed by atoms with Crippen molar-refractivity contribution in [2.45, 2.75) is 69.4 Å². The molecule has 1 fully saturated rings. The first-order valence-electron chi connectivity index (χ1n) is 10.2. The van der Waals surface area contributed by atoms with Crippen molar-refractivity contribution in [2.75, 3.05) is 0 Å². The van der Waals surface area contributed by atoms with Crippen molar-refractivity contribution in [3.8, 4) is 11.5 Å². The SMILES string of the molecule is O=C(N[C@@H]1CCCCC1[N+]1([O-])Cc2cc(-c3nnc(C(F)F)o3)cnc2C1)C(F)(F)C(F)(F)F. The van der Waals surface area contributed by atoms with E-state index in [0.29, 0.717) is 24.1 Å². The van der Waals surface area contributed by atoms with Crippen molar-refractivity contribution in [1.82, 2.24) is 20.5 Å². The van der Waals surface area contributed by atoms with E-state index in [-0.39, 0.29) is 37.4 Å². The van der Waals surface area contributed by atoms with Gasteiger partial charge in [-0.05, 0) is 18.9 Å². The molecule has 2 aromatic heterocycles. The van der Waals surface area contributed by atoms with Crippen LogP contribution in [-0.2, 0) is 17.9 Å². The number of alkyl halides is 7. The summed E-state index contributed by atoms with van der Waals surface area (Å²) < 4.78 is 93.9. The summed E-state index contributed by atoms with van der Waals surface area (Å²) in [5.74, 6) is -9.21. The number of carbonyl (C=O) groups excluding carboxylic acids is 1. The molecule has 2 unspecified atom stereocenters. The Morgan fingerprint density at radius 2 is 1.85 bits per heavy atom. The Kier molecular flexibility index (Phi) is 6.04. The molecule has 0 bridgehead atoms. The van der Waals surface area contributed by atoms with Crippen LogP contribution in [0.4, 0.5) is 30.7 Å². The number of carbonyl (C=O) groups is 1. The first kappa shape index (κ1) is 24.3. The zero-order valence-corrected chi connectivity index (χ0v) is 17.3. The summed E-state index contributed by atoms with van der Waals surface area (Å²) in [5, 5.41) is 22.2. The highest BCUT2D eigenvalue weighted by molar-refractivity contribution is 5.84. The Labute approximate surface area is 187 Å².